The summed E-state index contributed by atoms with van der Waals surface area (Å²) in [5.74, 6) is 1.95. The van der Waals surface area contributed by atoms with Gasteiger partial charge in [0.05, 0.1) is 11.7 Å². The third-order valence-electron chi connectivity index (χ3n) is 5.35. The van der Waals surface area contributed by atoms with Crippen molar-refractivity contribution in [3.63, 3.8) is 0 Å². The Bertz CT molecular complexity index is 280. The Kier molecular flexibility index (Phi) is 4.91. The molecule has 1 saturated heterocycles. The molecule has 1 saturated carbocycles. The zero-order valence-electron chi connectivity index (χ0n) is 12.8. The first-order valence-corrected chi connectivity index (χ1v) is 8.00. The van der Waals surface area contributed by atoms with E-state index in [0.29, 0.717) is 5.92 Å². The summed E-state index contributed by atoms with van der Waals surface area (Å²) in [6.07, 6.45) is 4.94. The van der Waals surface area contributed by atoms with Gasteiger partial charge < -0.3 is 15.1 Å². The molecule has 19 heavy (non-hydrogen) atoms. The molecule has 0 bridgehead atoms. The van der Waals surface area contributed by atoms with Crippen LogP contribution in [0.4, 0.5) is 0 Å². The van der Waals surface area contributed by atoms with E-state index in [2.05, 4.69) is 18.7 Å². The Morgan fingerprint density at radius 3 is 2.42 bits per heavy atom. The van der Waals surface area contributed by atoms with Gasteiger partial charge in [-0.1, -0.05) is 13.8 Å². The minimum absolute atomic E-state index is 0.113. The van der Waals surface area contributed by atoms with E-state index in [1.54, 1.807) is 0 Å². The van der Waals surface area contributed by atoms with Crippen LogP contribution in [0.2, 0.25) is 0 Å². The summed E-state index contributed by atoms with van der Waals surface area (Å²) >= 11 is 0. The summed E-state index contributed by atoms with van der Waals surface area (Å²) in [6, 6.07) is 0. The largest absolute Gasteiger partial charge is 0.393 e. The molecule has 2 fully saturated rings. The molecule has 0 amide bonds. The molecule has 112 valence electrons. The lowest BCUT2D eigenvalue weighted by atomic mass is 9.74. The minimum atomic E-state index is -0.470. The standard InChI is InChI=1S/C16H31NO2/c1-12(2)13-4-5-15(18)14(10-13)11-17-8-6-16(3,19)7-9-17/h12-15,18-19H,4-11H2,1-3H3. The van der Waals surface area contributed by atoms with Gasteiger partial charge in [-0.3, -0.25) is 0 Å². The molecule has 0 aromatic rings. The van der Waals surface area contributed by atoms with Crippen LogP contribution >= 0.6 is 0 Å². The van der Waals surface area contributed by atoms with Gasteiger partial charge >= 0.3 is 0 Å². The molecule has 3 heteroatoms. The van der Waals surface area contributed by atoms with E-state index in [9.17, 15) is 10.2 Å². The van der Waals surface area contributed by atoms with Crippen molar-refractivity contribution in [2.45, 2.75) is 64.6 Å². The molecule has 2 rings (SSSR count). The second-order valence-corrected chi connectivity index (χ2v) is 7.44. The second-order valence-electron chi connectivity index (χ2n) is 7.44. The van der Waals surface area contributed by atoms with Gasteiger partial charge in [-0.25, -0.2) is 0 Å². The van der Waals surface area contributed by atoms with E-state index in [4.69, 9.17) is 0 Å². The number of hydrogen-bond donors (Lipinski definition) is 2. The first-order valence-electron chi connectivity index (χ1n) is 8.00. The molecule has 3 atom stereocenters. The zero-order valence-corrected chi connectivity index (χ0v) is 12.8. The highest BCUT2D eigenvalue weighted by molar-refractivity contribution is 4.87. The number of aliphatic hydroxyl groups is 2. The number of hydrogen-bond acceptors (Lipinski definition) is 3. The summed E-state index contributed by atoms with van der Waals surface area (Å²) in [5.41, 5.74) is -0.470. The Hall–Kier alpha value is -0.120. The highest BCUT2D eigenvalue weighted by Crippen LogP contribution is 2.35. The summed E-state index contributed by atoms with van der Waals surface area (Å²) < 4.78 is 0. The number of nitrogens with zero attached hydrogens (tertiary/aromatic N) is 1. The third-order valence-corrected chi connectivity index (χ3v) is 5.35. The maximum Gasteiger partial charge on any atom is 0.0644 e. The van der Waals surface area contributed by atoms with Gasteiger partial charge in [0.1, 0.15) is 0 Å². The summed E-state index contributed by atoms with van der Waals surface area (Å²) in [5, 5.41) is 20.2. The maximum atomic E-state index is 10.2. The molecule has 0 aromatic carbocycles. The maximum absolute atomic E-state index is 10.2. The first kappa shape index (κ1) is 15.3. The predicted octanol–water partition coefficient (Wildman–Crippen LogP) is 2.27. The Morgan fingerprint density at radius 2 is 1.84 bits per heavy atom. The molecule has 1 heterocycles. The molecular weight excluding hydrogens is 238 g/mol. The molecule has 0 aromatic heterocycles. The molecule has 1 aliphatic carbocycles. The van der Waals surface area contributed by atoms with E-state index in [-0.39, 0.29) is 6.10 Å². The van der Waals surface area contributed by atoms with Gasteiger partial charge in [-0.05, 0) is 56.8 Å². The van der Waals surface area contributed by atoms with Gasteiger partial charge in [-0.2, -0.15) is 0 Å². The lowest BCUT2D eigenvalue weighted by Gasteiger charge is -2.41. The van der Waals surface area contributed by atoms with Gasteiger partial charge in [0.2, 0.25) is 0 Å². The molecule has 0 spiro atoms. The predicted molar refractivity (Wildman–Crippen MR) is 78.0 cm³/mol. The Balaban J connectivity index is 1.84. The monoisotopic (exact) mass is 269 g/mol. The fraction of sp³-hybridized carbons (Fsp3) is 1.00. The highest BCUT2D eigenvalue weighted by Gasteiger charge is 2.34. The van der Waals surface area contributed by atoms with Crippen molar-refractivity contribution in [2.24, 2.45) is 17.8 Å². The van der Waals surface area contributed by atoms with Crippen LogP contribution in [0.15, 0.2) is 0 Å². The third kappa shape index (κ3) is 4.17. The molecule has 2 N–H and O–H groups in total. The van der Waals surface area contributed by atoms with Crippen LogP contribution in [-0.4, -0.2) is 46.5 Å². The van der Waals surface area contributed by atoms with Crippen molar-refractivity contribution in [3.8, 4) is 0 Å². The van der Waals surface area contributed by atoms with Gasteiger partial charge in [0.25, 0.3) is 0 Å². The zero-order chi connectivity index (χ0) is 14.0. The van der Waals surface area contributed by atoms with Crippen LogP contribution in [0.1, 0.15) is 52.9 Å². The van der Waals surface area contributed by atoms with Crippen molar-refractivity contribution in [1.82, 2.24) is 4.90 Å². The second kappa shape index (κ2) is 6.11. The van der Waals surface area contributed by atoms with E-state index in [1.807, 2.05) is 6.92 Å². The molecular formula is C16H31NO2. The molecule has 2 aliphatic rings. The SMILES string of the molecule is CC(C)C1CCC(O)C(CN2CCC(C)(O)CC2)C1. The normalized spacial score (nSPS) is 36.6. The summed E-state index contributed by atoms with van der Waals surface area (Å²) in [6.45, 7) is 9.51. The first-order chi connectivity index (χ1) is 8.87. The van der Waals surface area contributed by atoms with Crippen molar-refractivity contribution in [2.75, 3.05) is 19.6 Å². The van der Waals surface area contributed by atoms with Crippen LogP contribution in [-0.2, 0) is 0 Å². The fourth-order valence-electron chi connectivity index (χ4n) is 3.64. The molecule has 3 unspecified atom stereocenters. The van der Waals surface area contributed by atoms with Crippen molar-refractivity contribution in [3.05, 3.63) is 0 Å². The van der Waals surface area contributed by atoms with Crippen LogP contribution in [0.5, 0.6) is 0 Å². The average Bonchev–Trinajstić information content (AvgIpc) is 2.34. The number of aliphatic hydroxyl groups excluding tert-OH is 1. The van der Waals surface area contributed by atoms with Crippen molar-refractivity contribution in [1.29, 1.82) is 0 Å². The molecule has 0 radical (unpaired) electrons. The van der Waals surface area contributed by atoms with Gasteiger partial charge in [0, 0.05) is 19.6 Å². The molecule has 1 aliphatic heterocycles. The van der Waals surface area contributed by atoms with E-state index in [1.165, 1.54) is 12.8 Å². The smallest absolute Gasteiger partial charge is 0.0644 e. The topological polar surface area (TPSA) is 43.7 Å². The Labute approximate surface area is 118 Å². The highest BCUT2D eigenvalue weighted by atomic mass is 16.3. The van der Waals surface area contributed by atoms with E-state index < -0.39 is 5.60 Å². The average molecular weight is 269 g/mol. The molecule has 3 nitrogen and oxygen atoms in total. The quantitative estimate of drug-likeness (QED) is 0.826. The summed E-state index contributed by atoms with van der Waals surface area (Å²) in [4.78, 5) is 2.44. The lowest BCUT2D eigenvalue weighted by molar-refractivity contribution is -0.0270. The van der Waals surface area contributed by atoms with E-state index in [0.717, 1.165) is 50.7 Å². The minimum Gasteiger partial charge on any atom is -0.393 e. The van der Waals surface area contributed by atoms with E-state index >= 15 is 0 Å². The van der Waals surface area contributed by atoms with Crippen LogP contribution in [0.25, 0.3) is 0 Å². The van der Waals surface area contributed by atoms with Crippen molar-refractivity contribution < 1.29 is 10.2 Å². The summed E-state index contributed by atoms with van der Waals surface area (Å²) in [7, 11) is 0. The van der Waals surface area contributed by atoms with Gasteiger partial charge in [-0.15, -0.1) is 0 Å². The van der Waals surface area contributed by atoms with Crippen LogP contribution < -0.4 is 0 Å². The number of rotatable bonds is 3. The number of piperidine rings is 1. The van der Waals surface area contributed by atoms with Crippen LogP contribution in [0.3, 0.4) is 0 Å². The number of likely N-dealkylation sites (tertiary alicyclic amines) is 1. The van der Waals surface area contributed by atoms with Crippen molar-refractivity contribution >= 4 is 0 Å². The Morgan fingerprint density at radius 1 is 1.21 bits per heavy atom. The lowest BCUT2D eigenvalue weighted by Crippen LogP contribution is -2.46. The fourth-order valence-corrected chi connectivity index (χ4v) is 3.64. The van der Waals surface area contributed by atoms with Gasteiger partial charge in [0.15, 0.2) is 0 Å². The van der Waals surface area contributed by atoms with Crippen LogP contribution in [0, 0.1) is 17.8 Å².